The molecule has 5 nitrogen and oxygen atoms in total. The minimum Gasteiger partial charge on any atom is -0.353 e. The van der Waals surface area contributed by atoms with Crippen LogP contribution in [0.3, 0.4) is 0 Å². The lowest BCUT2D eigenvalue weighted by Crippen LogP contribution is -2.13. The van der Waals surface area contributed by atoms with Gasteiger partial charge in [-0.25, -0.2) is 4.98 Å². The summed E-state index contributed by atoms with van der Waals surface area (Å²) in [6.45, 7) is 2.03. The van der Waals surface area contributed by atoms with Crippen LogP contribution in [0.5, 0.6) is 0 Å². The molecule has 0 unspecified atom stereocenters. The van der Waals surface area contributed by atoms with E-state index < -0.39 is 4.92 Å². The number of nitrogens with one attached hydrogen (secondary N) is 1. The number of hydrogen-bond donors (Lipinski definition) is 1. The number of nitrogens with zero attached hydrogens (tertiary/aromatic N) is 2. The van der Waals surface area contributed by atoms with Gasteiger partial charge in [0.2, 0.25) is 5.82 Å². The van der Waals surface area contributed by atoms with Crippen molar-refractivity contribution in [1.29, 1.82) is 0 Å². The minimum atomic E-state index is -0.421. The molecule has 1 N–H and O–H groups in total. The summed E-state index contributed by atoms with van der Waals surface area (Å²) in [6.07, 6.45) is 1.55. The molecule has 0 fully saturated rings. The Labute approximate surface area is 137 Å². The fraction of sp³-hybridized carbons (Fsp3) is 0.118. The maximum absolute atomic E-state index is 11.2. The number of thiophene rings is 1. The monoisotopic (exact) mass is 325 g/mol. The molecule has 2 aromatic heterocycles. The normalized spacial score (nSPS) is 11.9. The smallest absolute Gasteiger partial charge is 0.311 e. The van der Waals surface area contributed by atoms with Crippen LogP contribution in [0.15, 0.2) is 60.1 Å². The zero-order chi connectivity index (χ0) is 16.2. The van der Waals surface area contributed by atoms with E-state index in [0.717, 1.165) is 10.4 Å². The zero-order valence-corrected chi connectivity index (χ0v) is 13.3. The molecular weight excluding hydrogens is 310 g/mol. The molecule has 0 spiro atoms. The summed E-state index contributed by atoms with van der Waals surface area (Å²) in [5.74, 6) is 0.275. The average Bonchev–Trinajstić information content (AvgIpc) is 3.08. The average molecular weight is 325 g/mol. The second-order valence-corrected chi connectivity index (χ2v) is 6.11. The predicted molar refractivity (Wildman–Crippen MR) is 91.9 cm³/mol. The summed E-state index contributed by atoms with van der Waals surface area (Å²) in [5, 5.41) is 16.4. The molecule has 0 aliphatic heterocycles. The van der Waals surface area contributed by atoms with Gasteiger partial charge in [-0.05, 0) is 30.0 Å². The third-order valence-corrected chi connectivity index (χ3v) is 4.44. The van der Waals surface area contributed by atoms with Crippen LogP contribution in [0.25, 0.3) is 0 Å². The molecule has 0 amide bonds. The largest absolute Gasteiger partial charge is 0.353 e. The van der Waals surface area contributed by atoms with Gasteiger partial charge in [0, 0.05) is 17.1 Å². The van der Waals surface area contributed by atoms with Gasteiger partial charge in [0.15, 0.2) is 0 Å². The minimum absolute atomic E-state index is 0.0267. The molecule has 0 radical (unpaired) electrons. The Kier molecular flexibility index (Phi) is 4.34. The molecule has 2 heterocycles. The third kappa shape index (κ3) is 3.37. The number of aryl methyl sites for hydroxylation is 1. The highest BCUT2D eigenvalue weighted by atomic mass is 32.1. The number of nitro groups is 1. The van der Waals surface area contributed by atoms with Crippen molar-refractivity contribution in [3.63, 3.8) is 0 Å². The Hall–Kier alpha value is -2.73. The Bertz CT molecular complexity index is 801. The van der Waals surface area contributed by atoms with Crippen molar-refractivity contribution < 1.29 is 4.92 Å². The van der Waals surface area contributed by atoms with Crippen LogP contribution >= 0.6 is 11.3 Å². The Morgan fingerprint density at radius 2 is 1.96 bits per heavy atom. The first-order chi connectivity index (χ1) is 11.1. The lowest BCUT2D eigenvalue weighted by Gasteiger charge is -2.18. The summed E-state index contributed by atoms with van der Waals surface area (Å²) in [4.78, 5) is 16.0. The number of benzene rings is 1. The summed E-state index contributed by atoms with van der Waals surface area (Å²) in [5.41, 5.74) is 2.18. The maximum Gasteiger partial charge on any atom is 0.311 e. The fourth-order valence-electron chi connectivity index (χ4n) is 2.33. The summed E-state index contributed by atoms with van der Waals surface area (Å²) >= 11 is 1.60. The first-order valence-corrected chi connectivity index (χ1v) is 7.99. The second-order valence-electron chi connectivity index (χ2n) is 5.13. The van der Waals surface area contributed by atoms with E-state index in [1.807, 2.05) is 48.7 Å². The van der Waals surface area contributed by atoms with Crippen molar-refractivity contribution in [2.45, 2.75) is 13.0 Å². The number of hydrogen-bond acceptors (Lipinski definition) is 5. The van der Waals surface area contributed by atoms with Crippen LogP contribution in [0.4, 0.5) is 11.5 Å². The second kappa shape index (κ2) is 6.58. The van der Waals surface area contributed by atoms with Gasteiger partial charge in [0.1, 0.15) is 0 Å². The number of pyridine rings is 1. The first-order valence-electron chi connectivity index (χ1n) is 7.11. The van der Waals surface area contributed by atoms with Gasteiger partial charge in [0.05, 0.1) is 11.0 Å². The van der Waals surface area contributed by atoms with E-state index in [4.69, 9.17) is 0 Å². The molecule has 0 bridgehead atoms. The van der Waals surface area contributed by atoms with Gasteiger partial charge in [-0.15, -0.1) is 11.3 Å². The molecule has 3 rings (SSSR count). The Morgan fingerprint density at radius 1 is 1.17 bits per heavy atom. The maximum atomic E-state index is 11.2. The number of aromatic nitrogens is 1. The number of rotatable bonds is 5. The molecule has 0 aliphatic rings. The molecule has 6 heteroatoms. The molecule has 3 aromatic rings. The fourth-order valence-corrected chi connectivity index (χ4v) is 3.13. The highest BCUT2D eigenvalue weighted by Crippen LogP contribution is 2.32. The van der Waals surface area contributed by atoms with E-state index in [1.165, 1.54) is 11.6 Å². The molecule has 23 heavy (non-hydrogen) atoms. The van der Waals surface area contributed by atoms with E-state index >= 15 is 0 Å². The van der Waals surface area contributed by atoms with Crippen molar-refractivity contribution in [3.8, 4) is 0 Å². The van der Waals surface area contributed by atoms with E-state index in [-0.39, 0.29) is 17.5 Å². The van der Waals surface area contributed by atoms with E-state index in [9.17, 15) is 10.1 Å². The van der Waals surface area contributed by atoms with Gasteiger partial charge in [0.25, 0.3) is 0 Å². The lowest BCUT2D eigenvalue weighted by molar-refractivity contribution is -0.384. The number of anilines is 1. The Morgan fingerprint density at radius 3 is 2.61 bits per heavy atom. The van der Waals surface area contributed by atoms with Gasteiger partial charge in [-0.2, -0.15) is 0 Å². The molecule has 1 atom stereocenters. The van der Waals surface area contributed by atoms with Crippen LogP contribution in [0, 0.1) is 17.0 Å². The van der Waals surface area contributed by atoms with Gasteiger partial charge in [-0.1, -0.05) is 35.9 Å². The Balaban J connectivity index is 2.00. The van der Waals surface area contributed by atoms with Gasteiger partial charge >= 0.3 is 5.69 Å². The van der Waals surface area contributed by atoms with Crippen LogP contribution in [-0.4, -0.2) is 9.91 Å². The topological polar surface area (TPSA) is 68.1 Å². The van der Waals surface area contributed by atoms with Gasteiger partial charge in [-0.3, -0.25) is 10.1 Å². The van der Waals surface area contributed by atoms with Crippen molar-refractivity contribution >= 4 is 22.8 Å². The van der Waals surface area contributed by atoms with Crippen LogP contribution in [-0.2, 0) is 0 Å². The van der Waals surface area contributed by atoms with Crippen molar-refractivity contribution in [2.24, 2.45) is 0 Å². The summed E-state index contributed by atoms with van der Waals surface area (Å²) in [6, 6.07) is 14.9. The van der Waals surface area contributed by atoms with Crippen molar-refractivity contribution in [3.05, 3.63) is 86.2 Å². The van der Waals surface area contributed by atoms with E-state index in [1.54, 1.807) is 23.6 Å². The summed E-state index contributed by atoms with van der Waals surface area (Å²) in [7, 11) is 0. The van der Waals surface area contributed by atoms with Gasteiger partial charge < -0.3 is 5.32 Å². The molecule has 0 saturated carbocycles. The lowest BCUT2D eigenvalue weighted by atomic mass is 10.0. The molecule has 0 aliphatic carbocycles. The van der Waals surface area contributed by atoms with E-state index in [2.05, 4.69) is 10.3 Å². The zero-order valence-electron chi connectivity index (χ0n) is 12.5. The van der Waals surface area contributed by atoms with E-state index in [0.29, 0.717) is 0 Å². The predicted octanol–water partition coefficient (Wildman–Crippen LogP) is 4.56. The molecule has 116 valence electrons. The summed E-state index contributed by atoms with van der Waals surface area (Å²) < 4.78 is 0. The van der Waals surface area contributed by atoms with Crippen LogP contribution in [0.1, 0.15) is 22.0 Å². The molecule has 0 saturated heterocycles. The standard InChI is InChI=1S/C17H15N3O2S/c1-12-6-8-13(9-7-12)16(15-5-3-11-23-15)19-17-14(20(21)22)4-2-10-18-17/h2-11,16H,1H3,(H,18,19)/t16-/m1/s1. The van der Waals surface area contributed by atoms with Crippen LogP contribution < -0.4 is 5.32 Å². The van der Waals surface area contributed by atoms with Crippen LogP contribution in [0.2, 0.25) is 0 Å². The highest BCUT2D eigenvalue weighted by Gasteiger charge is 2.21. The van der Waals surface area contributed by atoms with Crippen molar-refractivity contribution in [2.75, 3.05) is 5.32 Å². The van der Waals surface area contributed by atoms with Crippen molar-refractivity contribution in [1.82, 2.24) is 4.98 Å². The SMILES string of the molecule is Cc1ccc([C@@H](Nc2ncccc2[N+](=O)[O-])c2cccs2)cc1. The molecule has 1 aromatic carbocycles. The third-order valence-electron chi connectivity index (χ3n) is 3.50. The first kappa shape index (κ1) is 15.2. The highest BCUT2D eigenvalue weighted by molar-refractivity contribution is 7.10. The molecular formula is C17H15N3O2S. The quantitative estimate of drug-likeness (QED) is 0.551.